The number of halogens is 3. The van der Waals surface area contributed by atoms with Crippen LogP contribution in [0.5, 0.6) is 0 Å². The van der Waals surface area contributed by atoms with Gasteiger partial charge in [0.05, 0.1) is 6.04 Å². The van der Waals surface area contributed by atoms with E-state index in [-0.39, 0.29) is 5.91 Å². The summed E-state index contributed by atoms with van der Waals surface area (Å²) in [7, 11) is 1.06. The molecule has 1 fully saturated rings. The zero-order valence-corrected chi connectivity index (χ0v) is 14.5. The Morgan fingerprint density at radius 3 is 2.23 bits per heavy atom. The van der Waals surface area contributed by atoms with Crippen molar-refractivity contribution in [3.8, 4) is 0 Å². The lowest BCUT2D eigenvalue weighted by atomic mass is 10.0. The lowest BCUT2D eigenvalue weighted by Gasteiger charge is -2.31. The summed E-state index contributed by atoms with van der Waals surface area (Å²) < 4.78 is 40.1. The Morgan fingerprint density at radius 1 is 1.15 bits per heavy atom. The highest BCUT2D eigenvalue weighted by molar-refractivity contribution is 5.94. The van der Waals surface area contributed by atoms with Crippen LogP contribution in [0, 0.1) is 6.92 Å². The lowest BCUT2D eigenvalue weighted by Crippen LogP contribution is -2.41. The van der Waals surface area contributed by atoms with Gasteiger partial charge in [-0.15, -0.1) is 5.10 Å². The van der Waals surface area contributed by atoms with E-state index in [4.69, 9.17) is 0 Å². The SMILES string of the molecule is Cc1ccc(C(=O)N2CCC(n3nc(C(F)(F)F)n(C)c3=O)CC2)cc1. The number of alkyl halides is 3. The van der Waals surface area contributed by atoms with Gasteiger partial charge >= 0.3 is 11.9 Å². The molecule has 1 aromatic heterocycles. The number of carbonyl (C=O) groups is 1. The summed E-state index contributed by atoms with van der Waals surface area (Å²) in [6, 6.07) is 6.76. The molecule has 1 saturated heterocycles. The second-order valence-corrected chi connectivity index (χ2v) is 6.50. The van der Waals surface area contributed by atoms with Gasteiger partial charge in [0.15, 0.2) is 0 Å². The number of hydrogen-bond donors (Lipinski definition) is 0. The Balaban J connectivity index is 1.72. The largest absolute Gasteiger partial charge is 0.451 e. The highest BCUT2D eigenvalue weighted by atomic mass is 19.4. The van der Waals surface area contributed by atoms with Gasteiger partial charge in [0, 0.05) is 25.7 Å². The molecule has 0 saturated carbocycles. The summed E-state index contributed by atoms with van der Waals surface area (Å²) >= 11 is 0. The van der Waals surface area contributed by atoms with Crippen LogP contribution in [0.15, 0.2) is 29.1 Å². The van der Waals surface area contributed by atoms with Crippen molar-refractivity contribution in [1.29, 1.82) is 0 Å². The fourth-order valence-corrected chi connectivity index (χ4v) is 3.13. The molecule has 0 aliphatic carbocycles. The molecule has 26 heavy (non-hydrogen) atoms. The highest BCUT2D eigenvalue weighted by Crippen LogP contribution is 2.28. The summed E-state index contributed by atoms with van der Waals surface area (Å²) in [5, 5.41) is 3.48. The van der Waals surface area contributed by atoms with E-state index in [2.05, 4.69) is 5.10 Å². The summed E-state index contributed by atoms with van der Waals surface area (Å²) in [4.78, 5) is 26.2. The molecule has 6 nitrogen and oxygen atoms in total. The van der Waals surface area contributed by atoms with Crippen molar-refractivity contribution in [1.82, 2.24) is 19.2 Å². The number of nitrogens with zero attached hydrogens (tertiary/aromatic N) is 4. The first-order chi connectivity index (χ1) is 12.2. The van der Waals surface area contributed by atoms with Crippen LogP contribution in [0.1, 0.15) is 40.6 Å². The van der Waals surface area contributed by atoms with E-state index in [1.54, 1.807) is 17.0 Å². The quantitative estimate of drug-likeness (QED) is 0.818. The number of rotatable bonds is 2. The van der Waals surface area contributed by atoms with E-state index in [1.165, 1.54) is 0 Å². The van der Waals surface area contributed by atoms with Crippen molar-refractivity contribution in [3.05, 3.63) is 51.7 Å². The second-order valence-electron chi connectivity index (χ2n) is 6.50. The van der Waals surface area contributed by atoms with Gasteiger partial charge in [-0.3, -0.25) is 9.36 Å². The zero-order valence-electron chi connectivity index (χ0n) is 14.5. The smallest absolute Gasteiger partial charge is 0.338 e. The fourth-order valence-electron chi connectivity index (χ4n) is 3.13. The minimum Gasteiger partial charge on any atom is -0.338 e. The Kier molecular flexibility index (Phi) is 4.64. The average molecular weight is 368 g/mol. The number of aryl methyl sites for hydroxylation is 1. The van der Waals surface area contributed by atoms with Crippen LogP contribution in [0.25, 0.3) is 0 Å². The van der Waals surface area contributed by atoms with Gasteiger partial charge in [0.25, 0.3) is 5.91 Å². The Labute approximate surface area is 147 Å². The molecule has 1 amide bonds. The number of hydrogen-bond acceptors (Lipinski definition) is 3. The molecule has 1 aromatic carbocycles. The monoisotopic (exact) mass is 368 g/mol. The molecule has 0 unspecified atom stereocenters. The summed E-state index contributed by atoms with van der Waals surface area (Å²) in [6.45, 7) is 2.66. The van der Waals surface area contributed by atoms with Gasteiger partial charge in [-0.25, -0.2) is 9.48 Å². The van der Waals surface area contributed by atoms with Crippen LogP contribution in [0.2, 0.25) is 0 Å². The molecule has 1 aliphatic rings. The van der Waals surface area contributed by atoms with E-state index < -0.39 is 23.7 Å². The summed E-state index contributed by atoms with van der Waals surface area (Å²) in [5.41, 5.74) is 0.833. The average Bonchev–Trinajstić information content (AvgIpc) is 2.91. The molecule has 140 valence electrons. The summed E-state index contributed by atoms with van der Waals surface area (Å²) in [5.74, 6) is -1.33. The van der Waals surface area contributed by atoms with Crippen molar-refractivity contribution in [2.45, 2.75) is 32.0 Å². The minimum atomic E-state index is -4.68. The molecule has 3 rings (SSSR count). The van der Waals surface area contributed by atoms with E-state index in [1.807, 2.05) is 19.1 Å². The normalized spacial score (nSPS) is 16.1. The predicted octanol–water partition coefficient (Wildman–Crippen LogP) is 2.39. The van der Waals surface area contributed by atoms with E-state index in [0.29, 0.717) is 36.1 Å². The van der Waals surface area contributed by atoms with Crippen LogP contribution < -0.4 is 5.69 Å². The predicted molar refractivity (Wildman–Crippen MR) is 87.8 cm³/mol. The number of amides is 1. The molecule has 0 spiro atoms. The topological polar surface area (TPSA) is 60.1 Å². The molecule has 2 aromatic rings. The molecule has 1 aliphatic heterocycles. The number of likely N-dealkylation sites (tertiary alicyclic amines) is 1. The van der Waals surface area contributed by atoms with Crippen molar-refractivity contribution in [2.24, 2.45) is 7.05 Å². The zero-order chi connectivity index (χ0) is 19.1. The molecule has 0 bridgehead atoms. The van der Waals surface area contributed by atoms with Gasteiger partial charge in [0.2, 0.25) is 5.82 Å². The van der Waals surface area contributed by atoms with Crippen molar-refractivity contribution in [3.63, 3.8) is 0 Å². The molecular weight excluding hydrogens is 349 g/mol. The van der Waals surface area contributed by atoms with Crippen LogP contribution in [-0.2, 0) is 13.2 Å². The minimum absolute atomic E-state index is 0.118. The molecular formula is C17H19F3N4O2. The van der Waals surface area contributed by atoms with E-state index in [0.717, 1.165) is 17.3 Å². The first kappa shape index (κ1) is 18.2. The lowest BCUT2D eigenvalue weighted by molar-refractivity contribution is -0.147. The number of piperidine rings is 1. The fraction of sp³-hybridized carbons (Fsp3) is 0.471. The van der Waals surface area contributed by atoms with Crippen LogP contribution in [-0.4, -0.2) is 38.2 Å². The van der Waals surface area contributed by atoms with Crippen molar-refractivity contribution < 1.29 is 18.0 Å². The van der Waals surface area contributed by atoms with Crippen LogP contribution in [0.4, 0.5) is 13.2 Å². The van der Waals surface area contributed by atoms with Crippen molar-refractivity contribution >= 4 is 5.91 Å². The Morgan fingerprint density at radius 2 is 1.73 bits per heavy atom. The molecule has 0 atom stereocenters. The standard InChI is InChI=1S/C17H19F3N4O2/c1-11-3-5-12(6-4-11)14(25)23-9-7-13(8-10-23)24-16(26)22(2)15(21-24)17(18,19)20/h3-6,13H,7-10H2,1-2H3. The summed E-state index contributed by atoms with van der Waals surface area (Å²) in [6.07, 6.45) is -3.92. The van der Waals surface area contributed by atoms with Crippen molar-refractivity contribution in [2.75, 3.05) is 13.1 Å². The van der Waals surface area contributed by atoms with Gasteiger partial charge in [-0.05, 0) is 31.9 Å². The molecule has 2 heterocycles. The van der Waals surface area contributed by atoms with Crippen LogP contribution >= 0.6 is 0 Å². The maximum Gasteiger partial charge on any atom is 0.451 e. The molecule has 0 N–H and O–H groups in total. The molecule has 9 heteroatoms. The third kappa shape index (κ3) is 3.38. The van der Waals surface area contributed by atoms with E-state index in [9.17, 15) is 22.8 Å². The number of benzene rings is 1. The maximum absolute atomic E-state index is 12.9. The first-order valence-corrected chi connectivity index (χ1v) is 8.27. The highest BCUT2D eigenvalue weighted by Gasteiger charge is 2.39. The number of carbonyl (C=O) groups excluding carboxylic acids is 1. The van der Waals surface area contributed by atoms with E-state index >= 15 is 0 Å². The first-order valence-electron chi connectivity index (χ1n) is 8.27. The Bertz CT molecular complexity index is 860. The maximum atomic E-state index is 12.9. The van der Waals surface area contributed by atoms with Gasteiger partial charge in [0.1, 0.15) is 0 Å². The second kappa shape index (κ2) is 6.62. The third-order valence-electron chi connectivity index (χ3n) is 4.65. The van der Waals surface area contributed by atoms with Gasteiger partial charge < -0.3 is 4.90 Å². The van der Waals surface area contributed by atoms with Crippen LogP contribution in [0.3, 0.4) is 0 Å². The van der Waals surface area contributed by atoms with Gasteiger partial charge in [-0.2, -0.15) is 13.2 Å². The van der Waals surface area contributed by atoms with Gasteiger partial charge in [-0.1, -0.05) is 17.7 Å². The molecule has 0 radical (unpaired) electrons. The number of aromatic nitrogens is 3. The Hall–Kier alpha value is -2.58. The third-order valence-corrected chi connectivity index (χ3v) is 4.65.